The highest BCUT2D eigenvalue weighted by Crippen LogP contribution is 2.34. The van der Waals surface area contributed by atoms with E-state index in [9.17, 15) is 4.79 Å². The molecular weight excluding hydrogens is 292 g/mol. The fourth-order valence-corrected chi connectivity index (χ4v) is 3.71. The Labute approximate surface area is 134 Å². The topological polar surface area (TPSA) is 78.0 Å². The number of nitrogens with one attached hydrogen (secondary N) is 1. The Hall–Kier alpha value is -2.44. The molecule has 2 atom stereocenters. The third kappa shape index (κ3) is 2.67. The first kappa shape index (κ1) is 14.2. The molecule has 4 rings (SSSR count). The van der Waals surface area contributed by atoms with Crippen LogP contribution in [0.5, 0.6) is 0 Å². The number of nitrogens with zero attached hydrogens (tertiary/aromatic N) is 5. The van der Waals surface area contributed by atoms with Crippen molar-refractivity contribution < 1.29 is 0 Å². The van der Waals surface area contributed by atoms with Gasteiger partial charge in [-0.15, -0.1) is 0 Å². The molecule has 2 aromatic rings. The lowest BCUT2D eigenvalue weighted by Gasteiger charge is -2.22. The van der Waals surface area contributed by atoms with Crippen molar-refractivity contribution in [2.75, 3.05) is 36.0 Å². The minimum atomic E-state index is -0.161. The zero-order valence-electron chi connectivity index (χ0n) is 13.4. The zero-order valence-corrected chi connectivity index (χ0v) is 13.4. The average Bonchev–Trinajstić information content (AvgIpc) is 3.05. The van der Waals surface area contributed by atoms with Crippen LogP contribution in [0.4, 0.5) is 11.8 Å². The maximum Gasteiger partial charge on any atom is 0.264 e. The van der Waals surface area contributed by atoms with Crippen molar-refractivity contribution >= 4 is 11.8 Å². The van der Waals surface area contributed by atoms with Crippen molar-refractivity contribution in [1.82, 2.24) is 20.2 Å². The third-order valence-electron chi connectivity index (χ3n) is 4.73. The first-order valence-corrected chi connectivity index (χ1v) is 7.96. The molecule has 4 heterocycles. The van der Waals surface area contributed by atoms with Crippen LogP contribution >= 0.6 is 0 Å². The van der Waals surface area contributed by atoms with Crippen molar-refractivity contribution in [3.8, 4) is 0 Å². The van der Waals surface area contributed by atoms with E-state index in [4.69, 9.17) is 0 Å². The second-order valence-electron chi connectivity index (χ2n) is 6.56. The maximum atomic E-state index is 11.1. The standard InChI is InChI=1S/C16H20N6O/c1-10-5-11(2)18-16(17-10)22-8-12-6-21(7-13(12)9-22)14-3-4-15(23)20-19-14/h3-5,12-13H,6-9H2,1-2H3,(H,20,23). The third-order valence-corrected chi connectivity index (χ3v) is 4.73. The second-order valence-corrected chi connectivity index (χ2v) is 6.56. The van der Waals surface area contributed by atoms with Crippen LogP contribution in [0.2, 0.25) is 0 Å². The van der Waals surface area contributed by atoms with E-state index < -0.39 is 0 Å². The Bertz CT molecular complexity index is 734. The van der Waals surface area contributed by atoms with Gasteiger partial charge in [-0.05, 0) is 26.0 Å². The lowest BCUT2D eigenvalue weighted by atomic mass is 10.0. The molecule has 2 saturated heterocycles. The second kappa shape index (κ2) is 5.33. The van der Waals surface area contributed by atoms with Gasteiger partial charge in [0.1, 0.15) is 5.82 Å². The molecule has 7 nitrogen and oxygen atoms in total. The van der Waals surface area contributed by atoms with Gasteiger partial charge in [-0.2, -0.15) is 5.10 Å². The van der Waals surface area contributed by atoms with Gasteiger partial charge in [-0.25, -0.2) is 15.1 Å². The van der Waals surface area contributed by atoms with E-state index in [-0.39, 0.29) is 5.56 Å². The van der Waals surface area contributed by atoms with Crippen molar-refractivity contribution in [3.63, 3.8) is 0 Å². The Kier molecular flexibility index (Phi) is 3.28. The van der Waals surface area contributed by atoms with Crippen molar-refractivity contribution in [1.29, 1.82) is 0 Å². The molecule has 23 heavy (non-hydrogen) atoms. The van der Waals surface area contributed by atoms with Crippen molar-refractivity contribution in [2.24, 2.45) is 11.8 Å². The molecule has 0 spiro atoms. The van der Waals surface area contributed by atoms with Crippen LogP contribution in [-0.4, -0.2) is 46.3 Å². The molecular formula is C16H20N6O. The van der Waals surface area contributed by atoms with Crippen LogP contribution in [-0.2, 0) is 0 Å². The summed E-state index contributed by atoms with van der Waals surface area (Å²) < 4.78 is 0. The predicted molar refractivity (Wildman–Crippen MR) is 87.8 cm³/mol. The molecule has 0 radical (unpaired) electrons. The molecule has 2 aromatic heterocycles. The van der Waals surface area contributed by atoms with E-state index in [1.54, 1.807) is 6.07 Å². The number of anilines is 2. The molecule has 0 amide bonds. The summed E-state index contributed by atoms with van der Waals surface area (Å²) in [4.78, 5) is 24.8. The summed E-state index contributed by atoms with van der Waals surface area (Å²) in [6.07, 6.45) is 0. The molecule has 0 saturated carbocycles. The Balaban J connectivity index is 1.47. The van der Waals surface area contributed by atoms with E-state index in [2.05, 4.69) is 30.0 Å². The molecule has 2 aliphatic heterocycles. The zero-order chi connectivity index (χ0) is 16.0. The molecule has 2 fully saturated rings. The summed E-state index contributed by atoms with van der Waals surface area (Å²) in [7, 11) is 0. The molecule has 0 aliphatic carbocycles. The van der Waals surface area contributed by atoms with Crippen LogP contribution < -0.4 is 15.4 Å². The average molecular weight is 312 g/mol. The lowest BCUT2D eigenvalue weighted by molar-refractivity contribution is 0.533. The summed E-state index contributed by atoms with van der Waals surface area (Å²) in [6, 6.07) is 5.33. The van der Waals surface area contributed by atoms with Crippen LogP contribution in [0.3, 0.4) is 0 Å². The maximum absolute atomic E-state index is 11.1. The van der Waals surface area contributed by atoms with Crippen molar-refractivity contribution in [2.45, 2.75) is 13.8 Å². The van der Waals surface area contributed by atoms with Crippen LogP contribution in [0, 0.1) is 25.7 Å². The number of rotatable bonds is 2. The van der Waals surface area contributed by atoms with E-state index in [1.165, 1.54) is 6.07 Å². The van der Waals surface area contributed by atoms with E-state index in [1.807, 2.05) is 19.9 Å². The molecule has 2 aliphatic rings. The van der Waals surface area contributed by atoms with Crippen LogP contribution in [0.1, 0.15) is 11.4 Å². The summed E-state index contributed by atoms with van der Waals surface area (Å²) in [5.74, 6) is 2.89. The molecule has 120 valence electrons. The highest BCUT2D eigenvalue weighted by Gasteiger charge is 2.41. The predicted octanol–water partition coefficient (Wildman–Crippen LogP) is 0.749. The summed E-state index contributed by atoms with van der Waals surface area (Å²) in [6.45, 7) is 7.91. The van der Waals surface area contributed by atoms with Gasteiger partial charge in [-0.1, -0.05) is 0 Å². The van der Waals surface area contributed by atoms with Gasteiger partial charge < -0.3 is 9.80 Å². The fraction of sp³-hybridized carbons (Fsp3) is 0.500. The molecule has 2 unspecified atom stereocenters. The molecule has 1 N–H and O–H groups in total. The van der Waals surface area contributed by atoms with Crippen molar-refractivity contribution in [3.05, 3.63) is 39.9 Å². The Morgan fingerprint density at radius 3 is 2.17 bits per heavy atom. The highest BCUT2D eigenvalue weighted by molar-refractivity contribution is 5.42. The number of aryl methyl sites for hydroxylation is 2. The quantitative estimate of drug-likeness (QED) is 0.882. The van der Waals surface area contributed by atoms with Gasteiger partial charge in [0.15, 0.2) is 0 Å². The normalized spacial score (nSPS) is 23.4. The monoisotopic (exact) mass is 312 g/mol. The van der Waals surface area contributed by atoms with Gasteiger partial charge >= 0.3 is 0 Å². The summed E-state index contributed by atoms with van der Waals surface area (Å²) in [5, 5.41) is 6.65. The van der Waals surface area contributed by atoms with E-state index in [0.717, 1.165) is 49.3 Å². The first-order chi connectivity index (χ1) is 11.1. The van der Waals surface area contributed by atoms with Gasteiger partial charge in [0.05, 0.1) is 0 Å². The van der Waals surface area contributed by atoms with Crippen LogP contribution in [0.15, 0.2) is 23.0 Å². The van der Waals surface area contributed by atoms with Gasteiger partial charge in [-0.3, -0.25) is 4.79 Å². The smallest absolute Gasteiger partial charge is 0.264 e. The molecule has 0 bridgehead atoms. The minimum Gasteiger partial charge on any atom is -0.354 e. The number of fused-ring (bicyclic) bond motifs is 1. The SMILES string of the molecule is Cc1cc(C)nc(N2CC3CN(c4ccc(=O)[nH]n4)CC3C2)n1. The van der Waals surface area contributed by atoms with Gasteiger partial charge in [0.25, 0.3) is 5.56 Å². The molecule has 7 heteroatoms. The number of hydrogen-bond donors (Lipinski definition) is 1. The fourth-order valence-electron chi connectivity index (χ4n) is 3.71. The number of hydrogen-bond acceptors (Lipinski definition) is 6. The molecule has 0 aromatic carbocycles. The first-order valence-electron chi connectivity index (χ1n) is 7.96. The summed E-state index contributed by atoms with van der Waals surface area (Å²) in [5.41, 5.74) is 1.87. The van der Waals surface area contributed by atoms with Crippen LogP contribution in [0.25, 0.3) is 0 Å². The van der Waals surface area contributed by atoms with E-state index >= 15 is 0 Å². The number of aromatic amines is 1. The summed E-state index contributed by atoms with van der Waals surface area (Å²) >= 11 is 0. The van der Waals surface area contributed by atoms with Gasteiger partial charge in [0.2, 0.25) is 5.95 Å². The van der Waals surface area contributed by atoms with Gasteiger partial charge in [0, 0.05) is 55.5 Å². The highest BCUT2D eigenvalue weighted by atomic mass is 16.1. The van der Waals surface area contributed by atoms with E-state index in [0.29, 0.717) is 11.8 Å². The lowest BCUT2D eigenvalue weighted by Crippen LogP contribution is -2.30. The minimum absolute atomic E-state index is 0.161. The Morgan fingerprint density at radius 1 is 1.00 bits per heavy atom. The Morgan fingerprint density at radius 2 is 1.61 bits per heavy atom. The number of H-pyrrole nitrogens is 1. The number of aromatic nitrogens is 4. The largest absolute Gasteiger partial charge is 0.354 e.